The molecule has 0 atom stereocenters. The molecule has 2 aromatic rings. The fourth-order valence-electron chi connectivity index (χ4n) is 2.06. The molecule has 0 aromatic carbocycles. The first-order valence-electron chi connectivity index (χ1n) is 6.42. The van der Waals surface area contributed by atoms with Gasteiger partial charge in [-0.3, -0.25) is 9.89 Å². The number of carbonyl (C=O) groups is 1. The van der Waals surface area contributed by atoms with Crippen molar-refractivity contribution in [3.63, 3.8) is 0 Å². The lowest BCUT2D eigenvalue weighted by atomic mass is 10.1. The van der Waals surface area contributed by atoms with Crippen LogP contribution in [0, 0.1) is 20.8 Å². The van der Waals surface area contributed by atoms with Gasteiger partial charge in [0.1, 0.15) is 0 Å². The number of carbonyl (C=O) groups excluding carboxylic acids is 1. The van der Waals surface area contributed by atoms with E-state index in [1.165, 1.54) is 10.4 Å². The summed E-state index contributed by atoms with van der Waals surface area (Å²) in [4.78, 5) is 14.2. The monoisotopic (exact) mass is 277 g/mol. The van der Waals surface area contributed by atoms with Gasteiger partial charge in [0, 0.05) is 22.0 Å². The maximum absolute atomic E-state index is 12.0. The van der Waals surface area contributed by atoms with E-state index in [0.717, 1.165) is 29.0 Å². The third kappa shape index (κ3) is 3.44. The fourth-order valence-corrected chi connectivity index (χ4v) is 2.98. The summed E-state index contributed by atoms with van der Waals surface area (Å²) in [7, 11) is 0. The van der Waals surface area contributed by atoms with E-state index in [-0.39, 0.29) is 5.91 Å². The summed E-state index contributed by atoms with van der Waals surface area (Å²) in [5.74, 6) is 0.0331. The van der Waals surface area contributed by atoms with Crippen LogP contribution in [0.25, 0.3) is 0 Å². The molecule has 0 bridgehead atoms. The topological polar surface area (TPSA) is 57.8 Å². The highest BCUT2D eigenvalue weighted by atomic mass is 32.1. The van der Waals surface area contributed by atoms with Crippen LogP contribution in [0.4, 0.5) is 0 Å². The van der Waals surface area contributed by atoms with Crippen molar-refractivity contribution in [1.29, 1.82) is 0 Å². The molecule has 0 aliphatic carbocycles. The molecule has 2 rings (SSSR count). The first-order chi connectivity index (χ1) is 9.08. The molecule has 1 amide bonds. The smallest absolute Gasteiger partial charge is 0.252 e. The molecule has 2 heterocycles. The number of hydrogen-bond acceptors (Lipinski definition) is 3. The highest BCUT2D eigenvalue weighted by molar-refractivity contribution is 7.12. The van der Waals surface area contributed by atoms with E-state index < -0.39 is 0 Å². The Bertz CT molecular complexity index is 571. The van der Waals surface area contributed by atoms with Crippen LogP contribution >= 0.6 is 11.3 Å². The van der Waals surface area contributed by atoms with Crippen LogP contribution in [0.1, 0.15) is 37.8 Å². The molecule has 0 saturated carbocycles. The molecule has 5 heteroatoms. The van der Waals surface area contributed by atoms with Gasteiger partial charge in [-0.1, -0.05) is 0 Å². The van der Waals surface area contributed by atoms with E-state index in [4.69, 9.17) is 0 Å². The zero-order chi connectivity index (χ0) is 13.8. The van der Waals surface area contributed by atoms with Crippen LogP contribution in [-0.2, 0) is 6.42 Å². The highest BCUT2D eigenvalue weighted by Crippen LogP contribution is 2.20. The number of thiophene rings is 1. The highest BCUT2D eigenvalue weighted by Gasteiger charge is 2.11. The molecule has 0 aliphatic rings. The Labute approximate surface area is 117 Å². The van der Waals surface area contributed by atoms with Crippen molar-refractivity contribution in [3.05, 3.63) is 38.8 Å². The van der Waals surface area contributed by atoms with Crippen molar-refractivity contribution >= 4 is 17.2 Å². The van der Waals surface area contributed by atoms with Crippen molar-refractivity contribution in [1.82, 2.24) is 15.5 Å². The van der Waals surface area contributed by atoms with Gasteiger partial charge in [-0.05, 0) is 45.2 Å². The van der Waals surface area contributed by atoms with Gasteiger partial charge in [-0.25, -0.2) is 0 Å². The molecule has 0 fully saturated rings. The Balaban J connectivity index is 1.78. The SMILES string of the molecule is Cc1cc(C(=O)NCCCc2cn[nH]c2C)c(C)s1. The van der Waals surface area contributed by atoms with Gasteiger partial charge in [-0.15, -0.1) is 11.3 Å². The van der Waals surface area contributed by atoms with Crippen LogP contribution in [-0.4, -0.2) is 22.6 Å². The molecule has 0 spiro atoms. The number of aryl methyl sites for hydroxylation is 4. The van der Waals surface area contributed by atoms with Gasteiger partial charge in [0.25, 0.3) is 5.91 Å². The molecule has 102 valence electrons. The van der Waals surface area contributed by atoms with Crippen molar-refractivity contribution in [3.8, 4) is 0 Å². The summed E-state index contributed by atoms with van der Waals surface area (Å²) in [5, 5.41) is 9.88. The van der Waals surface area contributed by atoms with Gasteiger partial charge in [0.05, 0.1) is 11.8 Å². The summed E-state index contributed by atoms with van der Waals surface area (Å²) < 4.78 is 0. The molecule has 0 saturated heterocycles. The minimum absolute atomic E-state index is 0.0331. The Morgan fingerprint density at radius 2 is 2.21 bits per heavy atom. The summed E-state index contributed by atoms with van der Waals surface area (Å²) in [5.41, 5.74) is 3.13. The van der Waals surface area contributed by atoms with Gasteiger partial charge in [0.15, 0.2) is 0 Å². The van der Waals surface area contributed by atoms with E-state index in [1.54, 1.807) is 11.3 Å². The van der Waals surface area contributed by atoms with Crippen molar-refractivity contribution in [2.45, 2.75) is 33.6 Å². The molecule has 2 N–H and O–H groups in total. The second-order valence-electron chi connectivity index (χ2n) is 4.71. The first kappa shape index (κ1) is 13.8. The van der Waals surface area contributed by atoms with Gasteiger partial charge < -0.3 is 5.32 Å². The molecule has 0 unspecified atom stereocenters. The lowest BCUT2D eigenvalue weighted by Gasteiger charge is -2.04. The number of rotatable bonds is 5. The van der Waals surface area contributed by atoms with Crippen LogP contribution in [0.5, 0.6) is 0 Å². The fraction of sp³-hybridized carbons (Fsp3) is 0.429. The Morgan fingerprint density at radius 1 is 1.42 bits per heavy atom. The minimum atomic E-state index is 0.0331. The molecular weight excluding hydrogens is 258 g/mol. The third-order valence-electron chi connectivity index (χ3n) is 3.13. The number of nitrogens with zero attached hydrogens (tertiary/aromatic N) is 1. The predicted molar refractivity (Wildman–Crippen MR) is 77.8 cm³/mol. The molecule has 19 heavy (non-hydrogen) atoms. The Morgan fingerprint density at radius 3 is 2.79 bits per heavy atom. The zero-order valence-corrected chi connectivity index (χ0v) is 12.4. The van der Waals surface area contributed by atoms with Gasteiger partial charge in [0.2, 0.25) is 0 Å². The van der Waals surface area contributed by atoms with E-state index in [1.807, 2.05) is 33.0 Å². The summed E-state index contributed by atoms with van der Waals surface area (Å²) >= 11 is 1.66. The first-order valence-corrected chi connectivity index (χ1v) is 7.23. The third-order valence-corrected chi connectivity index (χ3v) is 4.09. The van der Waals surface area contributed by atoms with Crippen molar-refractivity contribution < 1.29 is 4.79 Å². The number of amides is 1. The zero-order valence-electron chi connectivity index (χ0n) is 11.5. The summed E-state index contributed by atoms with van der Waals surface area (Å²) in [6, 6.07) is 1.95. The number of hydrogen-bond donors (Lipinski definition) is 2. The minimum Gasteiger partial charge on any atom is -0.352 e. The van der Waals surface area contributed by atoms with Crippen LogP contribution < -0.4 is 5.32 Å². The van der Waals surface area contributed by atoms with Crippen LogP contribution in [0.2, 0.25) is 0 Å². The van der Waals surface area contributed by atoms with E-state index >= 15 is 0 Å². The summed E-state index contributed by atoms with van der Waals surface area (Å²) in [6.45, 7) is 6.72. The summed E-state index contributed by atoms with van der Waals surface area (Å²) in [6.07, 6.45) is 3.71. The maximum Gasteiger partial charge on any atom is 0.252 e. The largest absolute Gasteiger partial charge is 0.352 e. The molecular formula is C14H19N3OS. The second-order valence-corrected chi connectivity index (χ2v) is 6.17. The number of aromatic amines is 1. The molecule has 2 aromatic heterocycles. The van der Waals surface area contributed by atoms with Crippen LogP contribution in [0.3, 0.4) is 0 Å². The van der Waals surface area contributed by atoms with Crippen molar-refractivity contribution in [2.24, 2.45) is 0 Å². The van der Waals surface area contributed by atoms with E-state index in [2.05, 4.69) is 15.5 Å². The number of aromatic nitrogens is 2. The lowest BCUT2D eigenvalue weighted by molar-refractivity contribution is 0.0953. The normalized spacial score (nSPS) is 10.7. The van der Waals surface area contributed by atoms with Crippen LogP contribution in [0.15, 0.2) is 12.3 Å². The van der Waals surface area contributed by atoms with Gasteiger partial charge in [-0.2, -0.15) is 5.10 Å². The van der Waals surface area contributed by atoms with E-state index in [0.29, 0.717) is 6.54 Å². The van der Waals surface area contributed by atoms with Gasteiger partial charge >= 0.3 is 0 Å². The second kappa shape index (κ2) is 6.02. The van der Waals surface area contributed by atoms with Crippen molar-refractivity contribution in [2.75, 3.05) is 6.54 Å². The number of H-pyrrole nitrogens is 1. The van der Waals surface area contributed by atoms with E-state index in [9.17, 15) is 4.79 Å². The average molecular weight is 277 g/mol. The Kier molecular flexibility index (Phi) is 4.37. The number of nitrogens with one attached hydrogen (secondary N) is 2. The lowest BCUT2D eigenvalue weighted by Crippen LogP contribution is -2.24. The predicted octanol–water partition coefficient (Wildman–Crippen LogP) is 2.76. The molecule has 0 radical (unpaired) electrons. The maximum atomic E-state index is 12.0. The quantitative estimate of drug-likeness (QED) is 0.826. The standard InChI is InChI=1S/C14H19N3OS/c1-9-7-13(11(3)19-9)14(18)15-6-4-5-12-8-16-17-10(12)2/h7-8H,4-6H2,1-3H3,(H,15,18)(H,16,17). The molecule has 0 aliphatic heterocycles. The Hall–Kier alpha value is -1.62. The average Bonchev–Trinajstić information content (AvgIpc) is 2.91. The molecule has 4 nitrogen and oxygen atoms in total.